The van der Waals surface area contributed by atoms with Crippen molar-refractivity contribution < 1.29 is 17.5 Å². The highest BCUT2D eigenvalue weighted by Crippen LogP contribution is 2.27. The summed E-state index contributed by atoms with van der Waals surface area (Å²) in [6.45, 7) is 0.405. The molecule has 1 aromatic carbocycles. The molecule has 1 rings (SSSR count). The van der Waals surface area contributed by atoms with Crippen molar-refractivity contribution in [3.63, 3.8) is 0 Å². The zero-order valence-electron chi connectivity index (χ0n) is 10.2. The molecule has 0 unspecified atom stereocenters. The standard InChI is InChI=1S/C10H16FN3O3S/c1-17-10-6-9(7(11)5-8(10)12)13-3-4-14-18(2,15)16/h5-6,13-14H,3-4,12H2,1-2H3. The van der Waals surface area contributed by atoms with Gasteiger partial charge in [0.05, 0.1) is 24.7 Å². The van der Waals surface area contributed by atoms with Crippen LogP contribution in [0.1, 0.15) is 0 Å². The van der Waals surface area contributed by atoms with Crippen molar-refractivity contribution in [1.82, 2.24) is 4.72 Å². The van der Waals surface area contributed by atoms with Crippen LogP contribution in [0.15, 0.2) is 12.1 Å². The molecule has 0 aromatic heterocycles. The van der Waals surface area contributed by atoms with Gasteiger partial charge in [0.15, 0.2) is 0 Å². The molecule has 102 valence electrons. The Balaban J connectivity index is 2.62. The number of rotatable bonds is 6. The molecule has 0 fully saturated rings. The Morgan fingerprint density at radius 3 is 2.61 bits per heavy atom. The molecular weight excluding hydrogens is 261 g/mol. The van der Waals surface area contributed by atoms with E-state index in [-0.39, 0.29) is 24.5 Å². The third-order valence-electron chi connectivity index (χ3n) is 2.12. The number of hydrogen-bond acceptors (Lipinski definition) is 5. The van der Waals surface area contributed by atoms with Crippen molar-refractivity contribution in [2.45, 2.75) is 0 Å². The summed E-state index contributed by atoms with van der Waals surface area (Å²) in [7, 11) is -1.81. The van der Waals surface area contributed by atoms with E-state index in [0.29, 0.717) is 5.75 Å². The van der Waals surface area contributed by atoms with Crippen LogP contribution in [-0.2, 0) is 10.0 Å². The molecule has 0 saturated heterocycles. The maximum absolute atomic E-state index is 13.5. The summed E-state index contributed by atoms with van der Waals surface area (Å²) in [4.78, 5) is 0. The minimum Gasteiger partial charge on any atom is -0.495 e. The van der Waals surface area contributed by atoms with E-state index in [9.17, 15) is 12.8 Å². The summed E-state index contributed by atoms with van der Waals surface area (Å²) < 4.78 is 42.3. The van der Waals surface area contributed by atoms with Gasteiger partial charge < -0.3 is 15.8 Å². The number of halogens is 1. The van der Waals surface area contributed by atoms with Crippen LogP contribution in [0.2, 0.25) is 0 Å². The number of ether oxygens (including phenoxy) is 1. The van der Waals surface area contributed by atoms with Gasteiger partial charge in [0.1, 0.15) is 11.6 Å². The number of anilines is 2. The number of nitrogens with two attached hydrogens (primary N) is 1. The van der Waals surface area contributed by atoms with Gasteiger partial charge in [0, 0.05) is 25.2 Å². The van der Waals surface area contributed by atoms with Crippen LogP contribution in [-0.4, -0.2) is 34.9 Å². The summed E-state index contributed by atoms with van der Waals surface area (Å²) in [5.41, 5.74) is 5.94. The van der Waals surface area contributed by atoms with E-state index in [1.807, 2.05) is 0 Å². The van der Waals surface area contributed by atoms with Crippen molar-refractivity contribution >= 4 is 21.4 Å². The summed E-state index contributed by atoms with van der Waals surface area (Å²) in [5, 5.41) is 2.75. The number of nitrogen functional groups attached to an aromatic ring is 1. The van der Waals surface area contributed by atoms with Gasteiger partial charge >= 0.3 is 0 Å². The monoisotopic (exact) mass is 277 g/mol. The summed E-state index contributed by atoms with van der Waals surface area (Å²) in [6.07, 6.45) is 1.06. The Morgan fingerprint density at radius 2 is 2.06 bits per heavy atom. The van der Waals surface area contributed by atoms with Gasteiger partial charge in [-0.25, -0.2) is 17.5 Å². The SMILES string of the molecule is COc1cc(NCCNS(C)(=O)=O)c(F)cc1N. The van der Waals surface area contributed by atoms with Crippen LogP contribution in [0, 0.1) is 5.82 Å². The fraction of sp³-hybridized carbons (Fsp3) is 0.400. The highest BCUT2D eigenvalue weighted by molar-refractivity contribution is 7.88. The number of methoxy groups -OCH3 is 1. The lowest BCUT2D eigenvalue weighted by Crippen LogP contribution is -2.27. The van der Waals surface area contributed by atoms with E-state index in [1.165, 1.54) is 13.2 Å². The van der Waals surface area contributed by atoms with Gasteiger partial charge in [-0.15, -0.1) is 0 Å². The third kappa shape index (κ3) is 4.38. The highest BCUT2D eigenvalue weighted by atomic mass is 32.2. The second-order valence-corrected chi connectivity index (χ2v) is 5.50. The van der Waals surface area contributed by atoms with Crippen molar-refractivity contribution in [3.8, 4) is 5.75 Å². The number of benzene rings is 1. The molecule has 4 N–H and O–H groups in total. The summed E-state index contributed by atoms with van der Waals surface area (Å²) in [5.74, 6) is -0.164. The van der Waals surface area contributed by atoms with Gasteiger partial charge in [-0.2, -0.15) is 0 Å². The topological polar surface area (TPSA) is 93.5 Å². The lowest BCUT2D eigenvalue weighted by molar-refractivity contribution is 0.416. The first-order valence-electron chi connectivity index (χ1n) is 5.15. The van der Waals surface area contributed by atoms with E-state index >= 15 is 0 Å². The summed E-state index contributed by atoms with van der Waals surface area (Å²) >= 11 is 0. The van der Waals surface area contributed by atoms with Gasteiger partial charge in [0.25, 0.3) is 0 Å². The van der Waals surface area contributed by atoms with Crippen LogP contribution in [0.25, 0.3) is 0 Å². The van der Waals surface area contributed by atoms with Crippen LogP contribution < -0.4 is 20.5 Å². The van der Waals surface area contributed by atoms with Crippen molar-refractivity contribution in [3.05, 3.63) is 17.9 Å². The van der Waals surface area contributed by atoms with E-state index in [0.717, 1.165) is 12.3 Å². The lowest BCUT2D eigenvalue weighted by Gasteiger charge is -2.11. The molecule has 0 amide bonds. The zero-order chi connectivity index (χ0) is 13.8. The molecule has 0 saturated carbocycles. The predicted octanol–water partition coefficient (Wildman–Crippen LogP) is 0.378. The molecule has 1 aromatic rings. The second-order valence-electron chi connectivity index (χ2n) is 3.67. The first-order chi connectivity index (χ1) is 8.33. The Bertz CT molecular complexity index is 519. The molecule has 0 aliphatic carbocycles. The fourth-order valence-electron chi connectivity index (χ4n) is 1.31. The average Bonchev–Trinajstić information content (AvgIpc) is 2.25. The molecule has 18 heavy (non-hydrogen) atoms. The Labute approximate surface area is 105 Å². The average molecular weight is 277 g/mol. The minimum atomic E-state index is -3.24. The summed E-state index contributed by atoms with van der Waals surface area (Å²) in [6, 6.07) is 2.57. The van der Waals surface area contributed by atoms with Crippen molar-refractivity contribution in [2.24, 2.45) is 0 Å². The van der Waals surface area contributed by atoms with Crippen LogP contribution in [0.4, 0.5) is 15.8 Å². The first kappa shape index (κ1) is 14.5. The lowest BCUT2D eigenvalue weighted by atomic mass is 10.2. The maximum atomic E-state index is 13.5. The minimum absolute atomic E-state index is 0.158. The molecule has 0 spiro atoms. The Hall–Kier alpha value is -1.54. The van der Waals surface area contributed by atoms with Crippen LogP contribution >= 0.6 is 0 Å². The predicted molar refractivity (Wildman–Crippen MR) is 68.7 cm³/mol. The van der Waals surface area contributed by atoms with Crippen molar-refractivity contribution in [2.75, 3.05) is 37.5 Å². The van der Waals surface area contributed by atoms with E-state index in [4.69, 9.17) is 10.5 Å². The number of sulfonamides is 1. The van der Waals surface area contributed by atoms with E-state index in [2.05, 4.69) is 10.0 Å². The molecule has 0 radical (unpaired) electrons. The molecule has 0 heterocycles. The Kier molecular flexibility index (Phi) is 4.74. The molecule has 0 atom stereocenters. The largest absolute Gasteiger partial charge is 0.495 e. The smallest absolute Gasteiger partial charge is 0.208 e. The first-order valence-corrected chi connectivity index (χ1v) is 7.04. The van der Waals surface area contributed by atoms with Gasteiger partial charge in [0.2, 0.25) is 10.0 Å². The molecule has 6 nitrogen and oxygen atoms in total. The van der Waals surface area contributed by atoms with Crippen LogP contribution in [0.5, 0.6) is 5.75 Å². The normalized spacial score (nSPS) is 11.3. The van der Waals surface area contributed by atoms with Crippen LogP contribution in [0.3, 0.4) is 0 Å². The quantitative estimate of drug-likeness (QED) is 0.516. The molecule has 0 bridgehead atoms. The molecule has 0 aliphatic heterocycles. The zero-order valence-corrected chi connectivity index (χ0v) is 11.0. The molecule has 0 aliphatic rings. The van der Waals surface area contributed by atoms with Gasteiger partial charge in [-0.3, -0.25) is 0 Å². The van der Waals surface area contributed by atoms with Gasteiger partial charge in [-0.05, 0) is 0 Å². The fourth-order valence-corrected chi connectivity index (χ4v) is 1.79. The number of hydrogen-bond donors (Lipinski definition) is 3. The third-order valence-corrected chi connectivity index (χ3v) is 2.85. The molecular formula is C10H16FN3O3S. The Morgan fingerprint density at radius 1 is 1.39 bits per heavy atom. The maximum Gasteiger partial charge on any atom is 0.208 e. The highest BCUT2D eigenvalue weighted by Gasteiger charge is 2.08. The molecule has 8 heteroatoms. The second kappa shape index (κ2) is 5.87. The van der Waals surface area contributed by atoms with E-state index < -0.39 is 15.8 Å². The number of nitrogens with one attached hydrogen (secondary N) is 2. The van der Waals surface area contributed by atoms with E-state index in [1.54, 1.807) is 0 Å². The van der Waals surface area contributed by atoms with Crippen molar-refractivity contribution in [1.29, 1.82) is 0 Å². The van der Waals surface area contributed by atoms with Gasteiger partial charge in [-0.1, -0.05) is 0 Å².